The van der Waals surface area contributed by atoms with E-state index in [0.717, 1.165) is 11.2 Å². The molecule has 0 radical (unpaired) electrons. The van der Waals surface area contributed by atoms with Crippen LogP contribution in [0.15, 0.2) is 0 Å². The summed E-state index contributed by atoms with van der Waals surface area (Å²) >= 11 is 0. The van der Waals surface area contributed by atoms with Crippen LogP contribution < -0.4 is 5.84 Å². The number of hydrogen-bond acceptors (Lipinski definition) is 4. The maximum atomic E-state index is 9.08. The van der Waals surface area contributed by atoms with E-state index in [4.69, 9.17) is 10.9 Å². The van der Waals surface area contributed by atoms with Crippen molar-refractivity contribution in [1.82, 2.24) is 15.1 Å². The number of aromatic hydroxyl groups is 1. The number of aryl methyl sites for hydroxylation is 1. The molecule has 3 N–H and O–H groups in total. The zero-order chi connectivity index (χ0) is 7.56. The first-order valence-electron chi connectivity index (χ1n) is 3.14. The first-order valence-corrected chi connectivity index (χ1v) is 3.14. The average molecular weight is 142 g/mol. The van der Waals surface area contributed by atoms with Crippen LogP contribution in [0.1, 0.15) is 19.0 Å². The Morgan fingerprint density at radius 1 is 1.70 bits per heavy atom. The van der Waals surface area contributed by atoms with Crippen molar-refractivity contribution in [3.63, 3.8) is 0 Å². The third kappa shape index (κ3) is 1.02. The first kappa shape index (κ1) is 6.85. The van der Waals surface area contributed by atoms with Gasteiger partial charge in [0, 0.05) is 0 Å². The molecule has 0 saturated heterocycles. The number of rotatable bonds is 2. The van der Waals surface area contributed by atoms with E-state index in [1.54, 1.807) is 0 Å². The maximum absolute atomic E-state index is 9.08. The Morgan fingerprint density at radius 3 is 2.80 bits per heavy atom. The Labute approximate surface area is 58.4 Å². The molecule has 0 aromatic carbocycles. The summed E-state index contributed by atoms with van der Waals surface area (Å²) in [4.78, 5) is 0.866. The second-order valence-electron chi connectivity index (χ2n) is 2.05. The van der Waals surface area contributed by atoms with Crippen molar-refractivity contribution in [3.8, 4) is 5.88 Å². The van der Waals surface area contributed by atoms with E-state index in [0.29, 0.717) is 12.1 Å². The maximum Gasteiger partial charge on any atom is 0.253 e. The van der Waals surface area contributed by atoms with Gasteiger partial charge in [0.15, 0.2) is 0 Å². The first-order chi connectivity index (χ1) is 4.75. The Kier molecular flexibility index (Phi) is 1.75. The molecule has 1 heterocycles. The Morgan fingerprint density at radius 2 is 2.40 bits per heavy atom. The van der Waals surface area contributed by atoms with E-state index in [9.17, 15) is 0 Å². The van der Waals surface area contributed by atoms with Crippen LogP contribution in [0.2, 0.25) is 0 Å². The normalized spacial score (nSPS) is 10.1. The molecule has 10 heavy (non-hydrogen) atoms. The fourth-order valence-corrected chi connectivity index (χ4v) is 0.720. The van der Waals surface area contributed by atoms with Crippen LogP contribution in [0.4, 0.5) is 0 Å². The van der Waals surface area contributed by atoms with Crippen LogP contribution in [0.25, 0.3) is 0 Å². The van der Waals surface area contributed by atoms with Gasteiger partial charge in [-0.05, 0) is 11.6 Å². The molecule has 0 bridgehead atoms. The van der Waals surface area contributed by atoms with Crippen LogP contribution >= 0.6 is 0 Å². The smallest absolute Gasteiger partial charge is 0.253 e. The summed E-state index contributed by atoms with van der Waals surface area (Å²) in [5.41, 5.74) is 0.560. The van der Waals surface area contributed by atoms with E-state index in [1.807, 2.05) is 6.92 Å². The summed E-state index contributed by atoms with van der Waals surface area (Å²) in [6.45, 7) is 2.00. The third-order valence-corrected chi connectivity index (χ3v) is 1.22. The van der Waals surface area contributed by atoms with Crippen molar-refractivity contribution < 1.29 is 5.11 Å². The number of nitrogens with zero attached hydrogens (tertiary/aromatic N) is 3. The lowest BCUT2D eigenvalue weighted by Crippen LogP contribution is -2.08. The van der Waals surface area contributed by atoms with Gasteiger partial charge in [-0.2, -0.15) is 0 Å². The molecule has 56 valence electrons. The zero-order valence-corrected chi connectivity index (χ0v) is 5.78. The Balaban J connectivity index is 2.83. The lowest BCUT2D eigenvalue weighted by molar-refractivity contribution is 0.421. The lowest BCUT2D eigenvalue weighted by Gasteiger charge is -1.91. The van der Waals surface area contributed by atoms with Crippen molar-refractivity contribution in [2.75, 3.05) is 5.84 Å². The van der Waals surface area contributed by atoms with Gasteiger partial charge in [0.05, 0.1) is 0 Å². The second-order valence-corrected chi connectivity index (χ2v) is 2.05. The molecule has 1 rings (SSSR count). The standard InChI is InChI=1S/C5H10N4O/c1-2-3-4-5(10)9(6)8-7-4/h10H,2-3,6H2,1H3. The summed E-state index contributed by atoms with van der Waals surface area (Å²) in [5, 5.41) is 16.2. The zero-order valence-electron chi connectivity index (χ0n) is 5.78. The molecule has 1 aromatic rings. The molecular weight excluding hydrogens is 132 g/mol. The van der Waals surface area contributed by atoms with Crippen LogP contribution in [0.3, 0.4) is 0 Å². The molecule has 0 saturated carbocycles. The number of nitrogens with two attached hydrogens (primary N) is 1. The molecule has 0 aliphatic carbocycles. The van der Waals surface area contributed by atoms with Gasteiger partial charge in [-0.3, -0.25) is 0 Å². The lowest BCUT2D eigenvalue weighted by atomic mass is 10.3. The summed E-state index contributed by atoms with van der Waals surface area (Å²) in [7, 11) is 0. The van der Waals surface area contributed by atoms with Gasteiger partial charge in [0.2, 0.25) is 0 Å². The molecule has 0 aliphatic rings. The molecule has 0 atom stereocenters. The minimum Gasteiger partial charge on any atom is -0.491 e. The van der Waals surface area contributed by atoms with Crippen molar-refractivity contribution in [1.29, 1.82) is 0 Å². The number of hydrogen-bond donors (Lipinski definition) is 2. The van der Waals surface area contributed by atoms with Crippen LogP contribution in [0, 0.1) is 0 Å². The fraction of sp³-hybridized carbons (Fsp3) is 0.600. The van der Waals surface area contributed by atoms with Crippen molar-refractivity contribution >= 4 is 0 Å². The minimum absolute atomic E-state index is 0.0400. The third-order valence-electron chi connectivity index (χ3n) is 1.22. The molecule has 1 aromatic heterocycles. The highest BCUT2D eigenvalue weighted by Crippen LogP contribution is 2.11. The van der Waals surface area contributed by atoms with Crippen LogP contribution in [-0.4, -0.2) is 20.2 Å². The van der Waals surface area contributed by atoms with Gasteiger partial charge in [0.25, 0.3) is 5.88 Å². The average Bonchev–Trinajstić information content (AvgIpc) is 2.20. The van der Waals surface area contributed by atoms with Gasteiger partial charge in [-0.1, -0.05) is 13.3 Å². The monoisotopic (exact) mass is 142 g/mol. The summed E-state index contributed by atoms with van der Waals surface area (Å²) in [5.74, 6) is 5.12. The largest absolute Gasteiger partial charge is 0.491 e. The second kappa shape index (κ2) is 2.55. The molecule has 0 fully saturated rings. The number of nitrogen functional groups attached to an aromatic ring is 1. The molecule has 0 unspecified atom stereocenters. The highest BCUT2D eigenvalue weighted by molar-refractivity contribution is 5.14. The van der Waals surface area contributed by atoms with Gasteiger partial charge in [-0.25, -0.2) is 0 Å². The van der Waals surface area contributed by atoms with E-state index in [1.165, 1.54) is 0 Å². The molecule has 5 heteroatoms. The molecule has 0 spiro atoms. The Hall–Kier alpha value is -1.26. The highest BCUT2D eigenvalue weighted by atomic mass is 16.3. The number of aromatic nitrogens is 3. The molecule has 0 aliphatic heterocycles. The van der Waals surface area contributed by atoms with Crippen molar-refractivity contribution in [2.45, 2.75) is 19.8 Å². The van der Waals surface area contributed by atoms with Crippen molar-refractivity contribution in [2.24, 2.45) is 0 Å². The Bertz CT molecular complexity index is 219. The van der Waals surface area contributed by atoms with Gasteiger partial charge >= 0.3 is 0 Å². The quantitative estimate of drug-likeness (QED) is 0.553. The van der Waals surface area contributed by atoms with Gasteiger partial charge in [0.1, 0.15) is 5.69 Å². The summed E-state index contributed by atoms with van der Waals surface area (Å²) < 4.78 is 0. The minimum atomic E-state index is -0.0400. The van der Waals surface area contributed by atoms with Gasteiger partial charge in [-0.15, -0.1) is 9.89 Å². The highest BCUT2D eigenvalue weighted by Gasteiger charge is 2.06. The van der Waals surface area contributed by atoms with Crippen molar-refractivity contribution in [3.05, 3.63) is 5.69 Å². The summed E-state index contributed by atoms with van der Waals surface area (Å²) in [6, 6.07) is 0. The molecule has 0 amide bonds. The van der Waals surface area contributed by atoms with E-state index in [-0.39, 0.29) is 5.88 Å². The van der Waals surface area contributed by atoms with E-state index < -0.39 is 0 Å². The van der Waals surface area contributed by atoms with Gasteiger partial charge < -0.3 is 10.9 Å². The SMILES string of the molecule is CCCc1nnn(N)c1O. The van der Waals surface area contributed by atoms with Crippen LogP contribution in [-0.2, 0) is 6.42 Å². The topological polar surface area (TPSA) is 77.0 Å². The van der Waals surface area contributed by atoms with E-state index in [2.05, 4.69) is 10.3 Å². The molecule has 5 nitrogen and oxygen atoms in total. The van der Waals surface area contributed by atoms with E-state index >= 15 is 0 Å². The predicted octanol–water partition coefficient (Wildman–Crippen LogP) is -0.350. The fourth-order valence-electron chi connectivity index (χ4n) is 0.720. The summed E-state index contributed by atoms with van der Waals surface area (Å²) in [6.07, 6.45) is 1.63. The van der Waals surface area contributed by atoms with Crippen LogP contribution in [0.5, 0.6) is 5.88 Å². The predicted molar refractivity (Wildman–Crippen MR) is 35.8 cm³/mol. The molecular formula is C5H10N4O.